The first-order valence-corrected chi connectivity index (χ1v) is 6.80. The predicted molar refractivity (Wildman–Crippen MR) is 76.8 cm³/mol. The van der Waals surface area contributed by atoms with Gasteiger partial charge in [-0.25, -0.2) is 0 Å². The molecule has 1 aromatic carbocycles. The second kappa shape index (κ2) is 7.74. The molecule has 3 nitrogen and oxygen atoms in total. The van der Waals surface area contributed by atoms with Gasteiger partial charge in [-0.05, 0) is 37.6 Å². The van der Waals surface area contributed by atoms with E-state index in [2.05, 4.69) is 11.8 Å². The molecule has 0 aliphatic carbocycles. The Morgan fingerprint density at radius 3 is 2.44 bits per heavy atom. The number of aliphatic hydroxyl groups is 1. The summed E-state index contributed by atoms with van der Waals surface area (Å²) in [5.41, 5.74) is 7.40. The fraction of sp³-hybridized carbons (Fsp3) is 0.571. The average molecular weight is 271 g/mol. The van der Waals surface area contributed by atoms with Gasteiger partial charge in [0.1, 0.15) is 0 Å². The smallest absolute Gasteiger partial charge is 0.0496 e. The van der Waals surface area contributed by atoms with Crippen molar-refractivity contribution >= 4 is 11.6 Å². The van der Waals surface area contributed by atoms with E-state index in [1.807, 2.05) is 31.3 Å². The topological polar surface area (TPSA) is 49.5 Å². The van der Waals surface area contributed by atoms with E-state index in [0.29, 0.717) is 0 Å². The van der Waals surface area contributed by atoms with Crippen molar-refractivity contribution in [2.24, 2.45) is 5.73 Å². The Hall–Kier alpha value is -0.610. The first-order chi connectivity index (χ1) is 8.60. The predicted octanol–water partition coefficient (Wildman–Crippen LogP) is 2.43. The molecule has 0 amide bonds. The number of likely N-dealkylation sites (N-methyl/N-ethyl adjacent to an activating group) is 1. The van der Waals surface area contributed by atoms with E-state index in [-0.39, 0.29) is 18.7 Å². The molecule has 0 fully saturated rings. The molecular weight excluding hydrogens is 248 g/mol. The molecule has 3 N–H and O–H groups in total. The molecule has 1 rings (SSSR count). The first kappa shape index (κ1) is 15.4. The van der Waals surface area contributed by atoms with E-state index in [4.69, 9.17) is 22.4 Å². The van der Waals surface area contributed by atoms with Crippen LogP contribution >= 0.6 is 11.6 Å². The number of benzene rings is 1. The highest BCUT2D eigenvalue weighted by Crippen LogP contribution is 2.25. The summed E-state index contributed by atoms with van der Waals surface area (Å²) in [7, 11) is 2.05. The summed E-state index contributed by atoms with van der Waals surface area (Å²) in [5.74, 6) is 0. The number of hydrogen-bond acceptors (Lipinski definition) is 3. The second-order valence-corrected chi connectivity index (χ2v) is 5.06. The molecule has 0 radical (unpaired) electrons. The minimum absolute atomic E-state index is 0.0786. The zero-order valence-electron chi connectivity index (χ0n) is 11.1. The Balaban J connectivity index is 2.86. The monoisotopic (exact) mass is 270 g/mol. The van der Waals surface area contributed by atoms with E-state index >= 15 is 0 Å². The minimum atomic E-state index is 0.0786. The van der Waals surface area contributed by atoms with Gasteiger partial charge in [-0.1, -0.05) is 30.7 Å². The van der Waals surface area contributed by atoms with Gasteiger partial charge in [0.2, 0.25) is 0 Å². The summed E-state index contributed by atoms with van der Waals surface area (Å²) >= 11 is 5.92. The van der Waals surface area contributed by atoms with Crippen molar-refractivity contribution in [1.29, 1.82) is 0 Å². The quantitative estimate of drug-likeness (QED) is 0.800. The molecule has 0 saturated heterocycles. The Kier molecular flexibility index (Phi) is 6.65. The molecule has 0 heterocycles. The van der Waals surface area contributed by atoms with Gasteiger partial charge in [0.25, 0.3) is 0 Å². The summed E-state index contributed by atoms with van der Waals surface area (Å²) < 4.78 is 0. The van der Waals surface area contributed by atoms with Crippen molar-refractivity contribution < 1.29 is 5.11 Å². The highest BCUT2D eigenvalue weighted by molar-refractivity contribution is 6.30. The van der Waals surface area contributed by atoms with Gasteiger partial charge in [0, 0.05) is 30.3 Å². The molecular formula is C14H23ClN2O. The SMILES string of the molecule is CCC(N)C(c1ccc(Cl)cc1)N(C)CCCO. The Bertz CT molecular complexity index is 342. The van der Waals surface area contributed by atoms with Crippen LogP contribution in [0.1, 0.15) is 31.4 Å². The third-order valence-electron chi connectivity index (χ3n) is 3.23. The fourth-order valence-electron chi connectivity index (χ4n) is 2.17. The van der Waals surface area contributed by atoms with Crippen LogP contribution in [-0.4, -0.2) is 36.2 Å². The van der Waals surface area contributed by atoms with Crippen LogP contribution in [0.5, 0.6) is 0 Å². The normalized spacial score (nSPS) is 14.8. The lowest BCUT2D eigenvalue weighted by Gasteiger charge is -2.32. The summed E-state index contributed by atoms with van der Waals surface area (Å²) in [4.78, 5) is 2.20. The van der Waals surface area contributed by atoms with E-state index in [1.165, 1.54) is 5.56 Å². The molecule has 0 aliphatic heterocycles. The third kappa shape index (κ3) is 4.25. The number of rotatable bonds is 7. The first-order valence-electron chi connectivity index (χ1n) is 6.42. The summed E-state index contributed by atoms with van der Waals surface area (Å²) in [5, 5.41) is 9.66. The van der Waals surface area contributed by atoms with Gasteiger partial charge < -0.3 is 10.8 Å². The number of aliphatic hydroxyl groups excluding tert-OH is 1. The zero-order valence-corrected chi connectivity index (χ0v) is 11.9. The van der Waals surface area contributed by atoms with Crippen molar-refractivity contribution in [3.05, 3.63) is 34.9 Å². The van der Waals surface area contributed by atoms with Crippen LogP contribution in [0.2, 0.25) is 5.02 Å². The molecule has 0 bridgehead atoms. The maximum atomic E-state index is 8.92. The fourth-order valence-corrected chi connectivity index (χ4v) is 2.30. The number of nitrogens with zero attached hydrogens (tertiary/aromatic N) is 1. The second-order valence-electron chi connectivity index (χ2n) is 4.63. The average Bonchev–Trinajstić information content (AvgIpc) is 2.38. The molecule has 102 valence electrons. The van der Waals surface area contributed by atoms with Crippen LogP contribution < -0.4 is 5.73 Å². The third-order valence-corrected chi connectivity index (χ3v) is 3.48. The molecule has 2 unspecified atom stereocenters. The van der Waals surface area contributed by atoms with Gasteiger partial charge in [-0.15, -0.1) is 0 Å². The van der Waals surface area contributed by atoms with Crippen LogP contribution in [0.15, 0.2) is 24.3 Å². The molecule has 0 saturated carbocycles. The van der Waals surface area contributed by atoms with Gasteiger partial charge >= 0.3 is 0 Å². The molecule has 18 heavy (non-hydrogen) atoms. The molecule has 0 spiro atoms. The minimum Gasteiger partial charge on any atom is -0.396 e. The van der Waals surface area contributed by atoms with Crippen LogP contribution in [0.25, 0.3) is 0 Å². The van der Waals surface area contributed by atoms with E-state index in [0.717, 1.165) is 24.4 Å². The van der Waals surface area contributed by atoms with Crippen molar-refractivity contribution in [1.82, 2.24) is 4.90 Å². The van der Waals surface area contributed by atoms with E-state index < -0.39 is 0 Å². The number of hydrogen-bond donors (Lipinski definition) is 2. The largest absolute Gasteiger partial charge is 0.396 e. The van der Waals surface area contributed by atoms with Crippen molar-refractivity contribution in [3.63, 3.8) is 0 Å². The van der Waals surface area contributed by atoms with Crippen LogP contribution in [0, 0.1) is 0 Å². The van der Waals surface area contributed by atoms with E-state index in [1.54, 1.807) is 0 Å². The standard InChI is InChI=1S/C14H23ClN2O/c1-3-13(16)14(17(2)9-4-10-18)11-5-7-12(15)8-6-11/h5-8,13-14,18H,3-4,9-10,16H2,1-2H3. The molecule has 0 aromatic heterocycles. The maximum absolute atomic E-state index is 8.92. The van der Waals surface area contributed by atoms with Gasteiger partial charge in [-0.2, -0.15) is 0 Å². The number of halogens is 1. The van der Waals surface area contributed by atoms with E-state index in [9.17, 15) is 0 Å². The zero-order chi connectivity index (χ0) is 13.5. The Morgan fingerprint density at radius 2 is 1.94 bits per heavy atom. The summed E-state index contributed by atoms with van der Waals surface area (Å²) in [6.07, 6.45) is 1.67. The summed E-state index contributed by atoms with van der Waals surface area (Å²) in [6, 6.07) is 8.09. The van der Waals surface area contributed by atoms with Crippen molar-refractivity contribution in [2.45, 2.75) is 31.8 Å². The Morgan fingerprint density at radius 1 is 1.33 bits per heavy atom. The lowest BCUT2D eigenvalue weighted by atomic mass is 9.96. The molecule has 4 heteroatoms. The highest BCUT2D eigenvalue weighted by atomic mass is 35.5. The lowest BCUT2D eigenvalue weighted by Crippen LogP contribution is -2.39. The molecule has 2 atom stereocenters. The van der Waals surface area contributed by atoms with Gasteiger partial charge in [-0.3, -0.25) is 4.90 Å². The van der Waals surface area contributed by atoms with Gasteiger partial charge in [0.15, 0.2) is 0 Å². The van der Waals surface area contributed by atoms with Crippen LogP contribution in [0.3, 0.4) is 0 Å². The maximum Gasteiger partial charge on any atom is 0.0496 e. The van der Waals surface area contributed by atoms with Gasteiger partial charge in [0.05, 0.1) is 0 Å². The number of nitrogens with two attached hydrogens (primary N) is 1. The van der Waals surface area contributed by atoms with Crippen molar-refractivity contribution in [2.75, 3.05) is 20.2 Å². The van der Waals surface area contributed by atoms with Crippen molar-refractivity contribution in [3.8, 4) is 0 Å². The van der Waals surface area contributed by atoms with Crippen LogP contribution in [-0.2, 0) is 0 Å². The van der Waals surface area contributed by atoms with Crippen LogP contribution in [0.4, 0.5) is 0 Å². The lowest BCUT2D eigenvalue weighted by molar-refractivity contribution is 0.185. The highest BCUT2D eigenvalue weighted by Gasteiger charge is 2.22. The summed E-state index contributed by atoms with van der Waals surface area (Å²) in [6.45, 7) is 3.13. The molecule has 1 aromatic rings. The Labute approximate surface area is 115 Å². The molecule has 0 aliphatic rings.